The fourth-order valence-electron chi connectivity index (χ4n) is 1.76. The van der Waals surface area contributed by atoms with Gasteiger partial charge in [0.15, 0.2) is 11.6 Å². The number of ether oxygens (including phenoxy) is 1. The highest BCUT2D eigenvalue weighted by atomic mass is 79.9. The largest absolute Gasteiger partial charge is 0.466 e. The molecule has 0 radical (unpaired) electrons. The van der Waals surface area contributed by atoms with Crippen molar-refractivity contribution in [2.75, 3.05) is 13.2 Å². The van der Waals surface area contributed by atoms with Gasteiger partial charge in [0, 0.05) is 0 Å². The number of nitrogens with two attached hydrogens (primary N) is 1. The van der Waals surface area contributed by atoms with E-state index >= 15 is 0 Å². The number of nitrogens with one attached hydrogen (secondary N) is 1. The van der Waals surface area contributed by atoms with E-state index in [9.17, 15) is 22.8 Å². The first kappa shape index (κ1) is 23.4. The number of hydrogen-bond acceptors (Lipinski definition) is 4. The van der Waals surface area contributed by atoms with Crippen molar-refractivity contribution < 1.29 is 27.5 Å². The Bertz CT molecular complexity index is 574. The Hall–Kier alpha value is -1.61. The summed E-state index contributed by atoms with van der Waals surface area (Å²) in [6.45, 7) is 5.39. The molecule has 0 aliphatic rings. The van der Waals surface area contributed by atoms with Crippen molar-refractivity contribution in [2.45, 2.75) is 39.7 Å². The molecule has 0 bridgehead atoms. The molecule has 9 heteroatoms. The Balaban J connectivity index is 0.00000178. The van der Waals surface area contributed by atoms with Gasteiger partial charge in [-0.15, -0.1) is 0 Å². The zero-order valence-electron chi connectivity index (χ0n) is 14.3. The highest BCUT2D eigenvalue weighted by molar-refractivity contribution is 9.10. The summed E-state index contributed by atoms with van der Waals surface area (Å²) in [5, 5.41) is 2.18. The molecule has 1 aromatic carbocycles. The minimum atomic E-state index is -1.49. The van der Waals surface area contributed by atoms with E-state index in [1.807, 2.05) is 0 Å². The molecule has 0 aliphatic heterocycles. The minimum absolute atomic E-state index is 0.0498. The standard InChI is InChI=1S/C13H14BrF3N2O3.C3H8/c1-2-22-10(21)4-8(19-9(20)5-18)11-12(16)6(14)3-7(15)13(11)17;1-3-2/h3,8H,2,4-5,18H2,1H3,(H,19,20);3H2,1-2H3. The first-order chi connectivity index (χ1) is 11.7. The second-order valence-electron chi connectivity index (χ2n) is 4.92. The van der Waals surface area contributed by atoms with Crippen LogP contribution in [0.3, 0.4) is 0 Å². The molecule has 0 spiro atoms. The quantitative estimate of drug-likeness (QED) is 0.539. The average Bonchev–Trinajstić information content (AvgIpc) is 2.54. The zero-order chi connectivity index (χ0) is 19.6. The van der Waals surface area contributed by atoms with Gasteiger partial charge in [0.05, 0.1) is 35.7 Å². The molecule has 25 heavy (non-hydrogen) atoms. The second kappa shape index (κ2) is 11.9. The summed E-state index contributed by atoms with van der Waals surface area (Å²) in [6.07, 6.45) is 0.684. The number of rotatable bonds is 6. The average molecular weight is 427 g/mol. The van der Waals surface area contributed by atoms with Gasteiger partial charge >= 0.3 is 5.97 Å². The van der Waals surface area contributed by atoms with E-state index in [0.717, 1.165) is 0 Å². The highest BCUT2D eigenvalue weighted by Gasteiger charge is 2.28. The summed E-state index contributed by atoms with van der Waals surface area (Å²) in [5.41, 5.74) is 4.35. The molecule has 1 amide bonds. The van der Waals surface area contributed by atoms with Crippen LogP contribution in [0.15, 0.2) is 10.5 Å². The van der Waals surface area contributed by atoms with Crippen LogP contribution < -0.4 is 11.1 Å². The third-order valence-electron chi connectivity index (χ3n) is 2.69. The molecule has 0 saturated heterocycles. The normalized spacial score (nSPS) is 11.2. The lowest BCUT2D eigenvalue weighted by molar-refractivity contribution is -0.143. The lowest BCUT2D eigenvalue weighted by atomic mass is 10.0. The Morgan fingerprint density at radius 3 is 2.28 bits per heavy atom. The molecule has 3 N–H and O–H groups in total. The maximum absolute atomic E-state index is 14.1. The summed E-state index contributed by atoms with van der Waals surface area (Å²) >= 11 is 2.74. The van der Waals surface area contributed by atoms with Crippen molar-refractivity contribution in [1.82, 2.24) is 5.32 Å². The molecule has 1 unspecified atom stereocenters. The molecule has 5 nitrogen and oxygen atoms in total. The lowest BCUT2D eigenvalue weighted by Crippen LogP contribution is -2.36. The minimum Gasteiger partial charge on any atom is -0.466 e. The van der Waals surface area contributed by atoms with Crippen molar-refractivity contribution in [3.05, 3.63) is 33.6 Å². The predicted molar refractivity (Wildman–Crippen MR) is 91.2 cm³/mol. The van der Waals surface area contributed by atoms with Crippen LogP contribution in [0.1, 0.15) is 45.2 Å². The van der Waals surface area contributed by atoms with Crippen LogP contribution in [0, 0.1) is 17.5 Å². The van der Waals surface area contributed by atoms with Crippen LogP contribution in [-0.4, -0.2) is 25.0 Å². The second-order valence-corrected chi connectivity index (χ2v) is 5.78. The van der Waals surface area contributed by atoms with Crippen LogP contribution in [-0.2, 0) is 14.3 Å². The van der Waals surface area contributed by atoms with Crippen LogP contribution in [0.4, 0.5) is 13.2 Å². The van der Waals surface area contributed by atoms with Gasteiger partial charge in [0.25, 0.3) is 0 Å². The SMILES string of the molecule is CCC.CCOC(=O)CC(NC(=O)CN)c1c(F)c(F)cc(Br)c1F. The summed E-state index contributed by atoms with van der Waals surface area (Å²) < 4.78 is 45.8. The summed E-state index contributed by atoms with van der Waals surface area (Å²) in [7, 11) is 0. The van der Waals surface area contributed by atoms with E-state index in [1.54, 1.807) is 6.92 Å². The van der Waals surface area contributed by atoms with Crippen LogP contribution in [0.25, 0.3) is 0 Å². The molecule has 0 aliphatic carbocycles. The maximum atomic E-state index is 14.1. The van der Waals surface area contributed by atoms with E-state index in [-0.39, 0.29) is 11.1 Å². The van der Waals surface area contributed by atoms with Crippen molar-refractivity contribution >= 4 is 27.8 Å². The number of benzene rings is 1. The van der Waals surface area contributed by atoms with Gasteiger partial charge in [-0.3, -0.25) is 9.59 Å². The van der Waals surface area contributed by atoms with E-state index < -0.39 is 53.9 Å². The molecule has 0 heterocycles. The third kappa shape index (κ3) is 7.43. The number of amides is 1. The molecular weight excluding hydrogens is 405 g/mol. The third-order valence-corrected chi connectivity index (χ3v) is 3.27. The van der Waals surface area contributed by atoms with Gasteiger partial charge in [-0.25, -0.2) is 13.2 Å². The smallest absolute Gasteiger partial charge is 0.308 e. The molecule has 0 aromatic heterocycles. The summed E-state index contributed by atoms with van der Waals surface area (Å²) in [6, 6.07) is -0.831. The van der Waals surface area contributed by atoms with Gasteiger partial charge in [-0.1, -0.05) is 20.3 Å². The van der Waals surface area contributed by atoms with E-state index in [0.29, 0.717) is 6.07 Å². The fraction of sp³-hybridized carbons (Fsp3) is 0.500. The van der Waals surface area contributed by atoms with E-state index in [4.69, 9.17) is 5.73 Å². The molecule has 1 rings (SSSR count). The van der Waals surface area contributed by atoms with E-state index in [1.165, 1.54) is 6.42 Å². The number of hydrogen-bond donors (Lipinski definition) is 2. The molecule has 142 valence electrons. The van der Waals surface area contributed by atoms with Crippen molar-refractivity contribution in [3.63, 3.8) is 0 Å². The predicted octanol–water partition coefficient (Wildman–Crippen LogP) is 3.35. The van der Waals surface area contributed by atoms with Gasteiger partial charge in [-0.2, -0.15) is 0 Å². The summed E-state index contributed by atoms with van der Waals surface area (Å²) in [5.74, 6) is -5.49. The first-order valence-corrected chi connectivity index (χ1v) is 8.50. The Morgan fingerprint density at radius 1 is 1.24 bits per heavy atom. The topological polar surface area (TPSA) is 81.4 Å². The molecule has 1 atom stereocenters. The number of carbonyl (C=O) groups excluding carboxylic acids is 2. The molecule has 0 saturated carbocycles. The van der Waals surface area contributed by atoms with Gasteiger partial charge < -0.3 is 15.8 Å². The Morgan fingerprint density at radius 2 is 1.80 bits per heavy atom. The fourth-order valence-corrected chi connectivity index (χ4v) is 2.18. The lowest BCUT2D eigenvalue weighted by Gasteiger charge is -2.20. The number of esters is 1. The summed E-state index contributed by atoms with van der Waals surface area (Å²) in [4.78, 5) is 22.9. The first-order valence-electron chi connectivity index (χ1n) is 7.71. The van der Waals surface area contributed by atoms with Crippen LogP contribution in [0.2, 0.25) is 0 Å². The number of carbonyl (C=O) groups is 2. The highest BCUT2D eigenvalue weighted by Crippen LogP contribution is 2.30. The van der Waals surface area contributed by atoms with Gasteiger partial charge in [0.1, 0.15) is 5.82 Å². The molecule has 1 aromatic rings. The van der Waals surface area contributed by atoms with Crippen molar-refractivity contribution in [2.24, 2.45) is 5.73 Å². The van der Waals surface area contributed by atoms with Crippen molar-refractivity contribution in [3.8, 4) is 0 Å². The molecular formula is C16H22BrF3N2O3. The number of halogens is 4. The van der Waals surface area contributed by atoms with Crippen LogP contribution >= 0.6 is 15.9 Å². The van der Waals surface area contributed by atoms with Gasteiger partial charge in [-0.05, 0) is 28.9 Å². The van der Waals surface area contributed by atoms with Crippen LogP contribution in [0.5, 0.6) is 0 Å². The Labute approximate surface area is 153 Å². The maximum Gasteiger partial charge on any atom is 0.308 e. The molecule has 0 fully saturated rings. The van der Waals surface area contributed by atoms with Crippen molar-refractivity contribution in [1.29, 1.82) is 0 Å². The zero-order valence-corrected chi connectivity index (χ0v) is 15.9. The van der Waals surface area contributed by atoms with E-state index in [2.05, 4.69) is 39.8 Å². The Kier molecular flexibility index (Phi) is 11.1. The monoisotopic (exact) mass is 426 g/mol. The van der Waals surface area contributed by atoms with Gasteiger partial charge in [0.2, 0.25) is 5.91 Å².